The number of carbonyl (C=O) groups excluding carboxylic acids is 1. The number of alkyl halides is 3. The third-order valence-electron chi connectivity index (χ3n) is 4.13. The Kier molecular flexibility index (Phi) is 4.29. The fourth-order valence-corrected chi connectivity index (χ4v) is 2.86. The number of hydrogen-bond acceptors (Lipinski definition) is 5. The van der Waals surface area contributed by atoms with Gasteiger partial charge in [0, 0.05) is 6.42 Å². The molecule has 0 aliphatic carbocycles. The van der Waals surface area contributed by atoms with Crippen molar-refractivity contribution in [3.05, 3.63) is 41.6 Å². The van der Waals surface area contributed by atoms with Crippen molar-refractivity contribution in [2.24, 2.45) is 5.84 Å². The van der Waals surface area contributed by atoms with Gasteiger partial charge < -0.3 is 10.1 Å². The van der Waals surface area contributed by atoms with Crippen LogP contribution in [-0.4, -0.2) is 29.0 Å². The van der Waals surface area contributed by atoms with Gasteiger partial charge in [0.1, 0.15) is 17.1 Å². The predicted molar refractivity (Wildman–Crippen MR) is 82.9 cm³/mol. The van der Waals surface area contributed by atoms with Gasteiger partial charge >= 0.3 is 6.18 Å². The Morgan fingerprint density at radius 1 is 1.40 bits per heavy atom. The molecule has 10 heteroatoms. The number of nitrogens with zero attached hydrogens (tertiary/aromatic N) is 2. The lowest BCUT2D eigenvalue weighted by atomic mass is 9.96. The second-order valence-electron chi connectivity index (χ2n) is 5.59. The van der Waals surface area contributed by atoms with Crippen molar-refractivity contribution in [2.75, 3.05) is 12.4 Å². The number of anilines is 1. The smallest absolute Gasteiger partial charge is 0.410 e. The number of halogens is 3. The maximum absolute atomic E-state index is 13.5. The molecule has 1 aliphatic heterocycles. The van der Waals surface area contributed by atoms with Crippen LogP contribution >= 0.6 is 0 Å². The molecular weight excluding hydrogens is 339 g/mol. The first-order valence-corrected chi connectivity index (χ1v) is 7.40. The molecule has 1 aliphatic rings. The van der Waals surface area contributed by atoms with E-state index in [1.54, 1.807) is 24.3 Å². The standard InChI is InChI=1S/C15H16F3N5O2/c1-25-9-4-2-8(3-5-9)11-6-12(15(16,17)18)23-13(21-11)10(7-20-23)14(24)22-19/h2-5,7,11-12,21H,6,19H2,1H3,(H,22,24). The number of fused-ring (bicyclic) bond motifs is 1. The number of aromatic nitrogens is 2. The van der Waals surface area contributed by atoms with Crippen molar-refractivity contribution in [3.63, 3.8) is 0 Å². The minimum Gasteiger partial charge on any atom is -0.497 e. The van der Waals surface area contributed by atoms with E-state index in [1.165, 1.54) is 7.11 Å². The van der Waals surface area contributed by atoms with Gasteiger partial charge in [-0.2, -0.15) is 18.3 Å². The first kappa shape index (κ1) is 17.1. The highest BCUT2D eigenvalue weighted by atomic mass is 19.4. The van der Waals surface area contributed by atoms with Crippen molar-refractivity contribution >= 4 is 11.7 Å². The molecule has 2 aromatic rings. The molecule has 4 N–H and O–H groups in total. The summed E-state index contributed by atoms with van der Waals surface area (Å²) in [6, 6.07) is 4.19. The first-order valence-electron chi connectivity index (χ1n) is 7.40. The lowest BCUT2D eigenvalue weighted by Gasteiger charge is -2.34. The van der Waals surface area contributed by atoms with Crippen LogP contribution in [0.2, 0.25) is 0 Å². The molecule has 7 nitrogen and oxygen atoms in total. The second-order valence-corrected chi connectivity index (χ2v) is 5.59. The highest BCUT2D eigenvalue weighted by Crippen LogP contribution is 2.44. The molecule has 2 atom stereocenters. The van der Waals surface area contributed by atoms with Crippen molar-refractivity contribution < 1.29 is 22.7 Å². The van der Waals surface area contributed by atoms with Crippen LogP contribution in [0.1, 0.15) is 34.4 Å². The van der Waals surface area contributed by atoms with E-state index in [1.807, 2.05) is 5.43 Å². The number of amides is 1. The Labute approximate surface area is 140 Å². The Balaban J connectivity index is 2.01. The molecule has 0 radical (unpaired) electrons. The van der Waals surface area contributed by atoms with E-state index >= 15 is 0 Å². The Bertz CT molecular complexity index is 772. The third-order valence-corrected chi connectivity index (χ3v) is 4.13. The number of carbonyl (C=O) groups is 1. The van der Waals surface area contributed by atoms with Crippen LogP contribution < -0.4 is 21.3 Å². The zero-order chi connectivity index (χ0) is 18.2. The number of hydrogen-bond donors (Lipinski definition) is 3. The van der Waals surface area contributed by atoms with Crippen LogP contribution in [0.25, 0.3) is 0 Å². The van der Waals surface area contributed by atoms with E-state index in [0.29, 0.717) is 11.3 Å². The topological polar surface area (TPSA) is 94.2 Å². The van der Waals surface area contributed by atoms with Crippen LogP contribution in [0.3, 0.4) is 0 Å². The van der Waals surface area contributed by atoms with Crippen LogP contribution in [-0.2, 0) is 0 Å². The monoisotopic (exact) mass is 355 g/mol. The summed E-state index contributed by atoms with van der Waals surface area (Å²) in [4.78, 5) is 11.8. The molecule has 0 spiro atoms. The van der Waals surface area contributed by atoms with E-state index < -0.39 is 24.2 Å². The summed E-state index contributed by atoms with van der Waals surface area (Å²) in [6.07, 6.45) is -3.70. The summed E-state index contributed by atoms with van der Waals surface area (Å²) in [6.45, 7) is 0. The Hall–Kier alpha value is -2.75. The van der Waals surface area contributed by atoms with Gasteiger partial charge in [0.2, 0.25) is 0 Å². The number of hydrazine groups is 1. The minimum atomic E-state index is -4.51. The molecule has 2 unspecified atom stereocenters. The van der Waals surface area contributed by atoms with Crippen LogP contribution in [0.4, 0.5) is 19.0 Å². The summed E-state index contributed by atoms with van der Waals surface area (Å²) in [5, 5.41) is 6.69. The van der Waals surface area contributed by atoms with E-state index in [2.05, 4.69) is 10.4 Å². The molecule has 0 fully saturated rings. The largest absolute Gasteiger partial charge is 0.497 e. The highest BCUT2D eigenvalue weighted by Gasteiger charge is 2.47. The van der Waals surface area contributed by atoms with Gasteiger partial charge in [0.15, 0.2) is 6.04 Å². The molecule has 2 heterocycles. The normalized spacial score (nSPS) is 19.7. The number of nitrogen functional groups attached to an aromatic ring is 1. The van der Waals surface area contributed by atoms with E-state index in [4.69, 9.17) is 10.6 Å². The van der Waals surface area contributed by atoms with Crippen molar-refractivity contribution in [3.8, 4) is 5.75 Å². The van der Waals surface area contributed by atoms with E-state index in [0.717, 1.165) is 10.9 Å². The van der Waals surface area contributed by atoms with Gasteiger partial charge in [-0.3, -0.25) is 10.2 Å². The number of benzene rings is 1. The molecule has 0 saturated carbocycles. The van der Waals surface area contributed by atoms with Crippen molar-refractivity contribution in [1.29, 1.82) is 0 Å². The third kappa shape index (κ3) is 3.12. The van der Waals surface area contributed by atoms with E-state index in [9.17, 15) is 18.0 Å². The molecule has 134 valence electrons. The van der Waals surface area contributed by atoms with Crippen molar-refractivity contribution in [2.45, 2.75) is 24.7 Å². The molecule has 0 bridgehead atoms. The maximum atomic E-state index is 13.5. The lowest BCUT2D eigenvalue weighted by molar-refractivity contribution is -0.173. The molecule has 1 aromatic heterocycles. The average molecular weight is 355 g/mol. The zero-order valence-corrected chi connectivity index (χ0v) is 13.2. The SMILES string of the molecule is COc1ccc(C2CC(C(F)(F)F)n3ncc(C(=O)NN)c3N2)cc1. The quantitative estimate of drug-likeness (QED) is 0.446. The number of nitrogens with two attached hydrogens (primary N) is 1. The Morgan fingerprint density at radius 3 is 2.64 bits per heavy atom. The van der Waals surface area contributed by atoms with Gasteiger partial charge in [-0.15, -0.1) is 0 Å². The van der Waals surface area contributed by atoms with Crippen LogP contribution in [0.5, 0.6) is 5.75 Å². The Morgan fingerprint density at radius 2 is 2.08 bits per heavy atom. The van der Waals surface area contributed by atoms with Gasteiger partial charge in [-0.25, -0.2) is 10.5 Å². The number of methoxy groups -OCH3 is 1. The molecule has 1 amide bonds. The fourth-order valence-electron chi connectivity index (χ4n) is 2.86. The average Bonchev–Trinajstić information content (AvgIpc) is 3.03. The first-order chi connectivity index (χ1) is 11.8. The molecule has 1 aromatic carbocycles. The summed E-state index contributed by atoms with van der Waals surface area (Å²) < 4.78 is 46.3. The van der Waals surface area contributed by atoms with Gasteiger partial charge in [0.25, 0.3) is 5.91 Å². The second kappa shape index (κ2) is 6.28. The van der Waals surface area contributed by atoms with Crippen LogP contribution in [0.15, 0.2) is 30.5 Å². The molecule has 3 rings (SSSR count). The van der Waals surface area contributed by atoms with Gasteiger partial charge in [-0.1, -0.05) is 12.1 Å². The fraction of sp³-hybridized carbons (Fsp3) is 0.333. The number of ether oxygens (including phenoxy) is 1. The zero-order valence-electron chi connectivity index (χ0n) is 13.2. The summed E-state index contributed by atoms with van der Waals surface area (Å²) in [5.74, 6) is 4.96. The number of nitrogens with one attached hydrogen (secondary N) is 2. The van der Waals surface area contributed by atoms with Crippen LogP contribution in [0, 0.1) is 0 Å². The van der Waals surface area contributed by atoms with Gasteiger partial charge in [-0.05, 0) is 17.7 Å². The molecule has 25 heavy (non-hydrogen) atoms. The highest BCUT2D eigenvalue weighted by molar-refractivity contribution is 5.98. The summed E-state index contributed by atoms with van der Waals surface area (Å²) in [5.41, 5.74) is 2.50. The molecule has 0 saturated heterocycles. The van der Waals surface area contributed by atoms with Gasteiger partial charge in [0.05, 0.1) is 19.3 Å². The molecular formula is C15H16F3N5O2. The van der Waals surface area contributed by atoms with Crippen molar-refractivity contribution in [1.82, 2.24) is 15.2 Å². The van der Waals surface area contributed by atoms with E-state index in [-0.39, 0.29) is 17.8 Å². The summed E-state index contributed by atoms with van der Waals surface area (Å²) >= 11 is 0. The lowest BCUT2D eigenvalue weighted by Crippen LogP contribution is -2.37. The predicted octanol–water partition coefficient (Wildman–Crippen LogP) is 2.16. The minimum absolute atomic E-state index is 0.0163. The maximum Gasteiger partial charge on any atom is 0.410 e. The number of rotatable bonds is 3. The summed E-state index contributed by atoms with van der Waals surface area (Å²) in [7, 11) is 1.50.